The molecule has 2 aliphatic carbocycles. The van der Waals surface area contributed by atoms with Crippen molar-refractivity contribution in [3.05, 3.63) is 35.4 Å². The van der Waals surface area contributed by atoms with E-state index in [1.807, 2.05) is 6.07 Å². The number of hydrogen-bond acceptors (Lipinski definition) is 5. The molecule has 1 heterocycles. The summed E-state index contributed by atoms with van der Waals surface area (Å²) in [6, 6.07) is 6.92. The lowest BCUT2D eigenvalue weighted by Gasteiger charge is -2.35. The standard InChI is InChI=1S/C27H40N4O3.C2H5NO/c1-18(28-2)25(32)30-24(20-11-4-3-5-12-20)27(34)31-17-9-16-23(31)26(33)29-22-15-8-13-19-10-6-7-14-21(19)22;1-2(3)4/h6-7,10,14,18,20,22-24,28H,3-5,8-9,11-13,15-17H2,1-2H3,(H,29,33)(H,30,32);1H3,(H2,3,4)/t18?,22?,23-,24?;/m0./s1. The van der Waals surface area contributed by atoms with Crippen LogP contribution in [0.3, 0.4) is 0 Å². The first-order valence-corrected chi connectivity index (χ1v) is 14.1. The van der Waals surface area contributed by atoms with Gasteiger partial charge in [0.05, 0.1) is 12.1 Å². The maximum Gasteiger partial charge on any atom is 0.246 e. The Balaban J connectivity index is 0.000000934. The van der Waals surface area contributed by atoms with E-state index in [1.54, 1.807) is 18.9 Å². The minimum absolute atomic E-state index is 0.000300. The van der Waals surface area contributed by atoms with Gasteiger partial charge in [0.1, 0.15) is 12.1 Å². The summed E-state index contributed by atoms with van der Waals surface area (Å²) in [5.74, 6) is -0.524. The minimum Gasteiger partial charge on any atom is -0.370 e. The van der Waals surface area contributed by atoms with Crippen molar-refractivity contribution in [1.82, 2.24) is 20.9 Å². The number of primary amides is 1. The number of likely N-dealkylation sites (tertiary alicyclic amines) is 1. The predicted octanol–water partition coefficient (Wildman–Crippen LogP) is 2.34. The number of carbonyl (C=O) groups excluding carboxylic acids is 4. The number of rotatable bonds is 7. The Morgan fingerprint density at radius 2 is 1.66 bits per heavy atom. The Hall–Kier alpha value is -2.94. The van der Waals surface area contributed by atoms with Crippen LogP contribution in [0.5, 0.6) is 0 Å². The number of amides is 4. The summed E-state index contributed by atoms with van der Waals surface area (Å²) in [5, 5.41) is 9.26. The third-order valence-electron chi connectivity index (χ3n) is 8.04. The van der Waals surface area contributed by atoms with Gasteiger partial charge in [-0.2, -0.15) is 0 Å². The normalized spacial score (nSPS) is 22.8. The SMILES string of the molecule is CC(N)=O.CNC(C)C(=O)NC(C(=O)N1CCC[C@H]1C(=O)NC1CCCc2ccccc21)C1CCCCC1. The van der Waals surface area contributed by atoms with E-state index < -0.39 is 12.1 Å². The van der Waals surface area contributed by atoms with Crippen LogP contribution in [0, 0.1) is 5.92 Å². The number of likely N-dealkylation sites (N-methyl/N-ethyl adjacent to an activating group) is 1. The van der Waals surface area contributed by atoms with Gasteiger partial charge in [-0.25, -0.2) is 0 Å². The fourth-order valence-electron chi connectivity index (χ4n) is 5.91. The summed E-state index contributed by atoms with van der Waals surface area (Å²) in [5.41, 5.74) is 6.98. The Bertz CT molecular complexity index is 973. The molecule has 0 spiro atoms. The fraction of sp³-hybridized carbons (Fsp3) is 0.655. The van der Waals surface area contributed by atoms with Crippen LogP contribution >= 0.6 is 0 Å². The second-order valence-corrected chi connectivity index (χ2v) is 10.8. The number of hydrogen-bond donors (Lipinski definition) is 4. The van der Waals surface area contributed by atoms with E-state index in [9.17, 15) is 19.2 Å². The molecule has 9 nitrogen and oxygen atoms in total. The number of benzene rings is 1. The van der Waals surface area contributed by atoms with Gasteiger partial charge in [0.15, 0.2) is 0 Å². The van der Waals surface area contributed by atoms with Crippen LogP contribution in [-0.4, -0.2) is 60.2 Å². The summed E-state index contributed by atoms with van der Waals surface area (Å²) in [4.78, 5) is 50.9. The minimum atomic E-state index is -0.563. The molecule has 0 aromatic heterocycles. The van der Waals surface area contributed by atoms with Gasteiger partial charge in [0.25, 0.3) is 0 Å². The topological polar surface area (TPSA) is 134 Å². The third-order valence-corrected chi connectivity index (χ3v) is 8.04. The van der Waals surface area contributed by atoms with E-state index in [-0.39, 0.29) is 41.6 Å². The largest absolute Gasteiger partial charge is 0.370 e. The van der Waals surface area contributed by atoms with Gasteiger partial charge in [-0.1, -0.05) is 43.5 Å². The average molecular weight is 528 g/mol. The predicted molar refractivity (Wildman–Crippen MR) is 147 cm³/mol. The van der Waals surface area contributed by atoms with Gasteiger partial charge >= 0.3 is 0 Å². The highest BCUT2D eigenvalue weighted by atomic mass is 16.2. The highest BCUT2D eigenvalue weighted by molar-refractivity contribution is 5.93. The Labute approximate surface area is 226 Å². The van der Waals surface area contributed by atoms with E-state index >= 15 is 0 Å². The maximum atomic E-state index is 13.8. The lowest BCUT2D eigenvalue weighted by molar-refractivity contribution is -0.143. The van der Waals surface area contributed by atoms with Crippen molar-refractivity contribution in [3.8, 4) is 0 Å². The summed E-state index contributed by atoms with van der Waals surface area (Å²) in [6.07, 6.45) is 9.71. The first-order chi connectivity index (χ1) is 18.2. The van der Waals surface area contributed by atoms with Crippen molar-refractivity contribution in [2.24, 2.45) is 11.7 Å². The first-order valence-electron chi connectivity index (χ1n) is 14.1. The van der Waals surface area contributed by atoms with Crippen molar-refractivity contribution in [3.63, 3.8) is 0 Å². The summed E-state index contributed by atoms with van der Waals surface area (Å²) >= 11 is 0. The third kappa shape index (κ3) is 7.79. The molecule has 4 atom stereocenters. The molecule has 4 amide bonds. The number of nitrogens with two attached hydrogens (primary N) is 1. The van der Waals surface area contributed by atoms with Gasteiger partial charge < -0.3 is 26.6 Å². The van der Waals surface area contributed by atoms with Crippen LogP contribution in [0.1, 0.15) is 88.8 Å². The van der Waals surface area contributed by atoms with Crippen LogP contribution in [0.2, 0.25) is 0 Å². The van der Waals surface area contributed by atoms with Crippen molar-refractivity contribution < 1.29 is 19.2 Å². The van der Waals surface area contributed by atoms with Crippen LogP contribution in [0.4, 0.5) is 0 Å². The second kappa shape index (κ2) is 14.3. The maximum absolute atomic E-state index is 13.8. The Morgan fingerprint density at radius 3 is 2.34 bits per heavy atom. The Kier molecular flexibility index (Phi) is 11.1. The van der Waals surface area contributed by atoms with E-state index in [4.69, 9.17) is 0 Å². The number of aryl methyl sites for hydroxylation is 1. The molecule has 4 rings (SSSR count). The zero-order valence-electron chi connectivity index (χ0n) is 23.1. The van der Waals surface area contributed by atoms with E-state index in [2.05, 4.69) is 39.9 Å². The monoisotopic (exact) mass is 527 g/mol. The molecule has 5 N–H and O–H groups in total. The van der Waals surface area contributed by atoms with Crippen LogP contribution in [0.25, 0.3) is 0 Å². The van der Waals surface area contributed by atoms with Gasteiger partial charge in [0.2, 0.25) is 23.6 Å². The van der Waals surface area contributed by atoms with E-state index in [1.165, 1.54) is 24.5 Å². The molecule has 1 aliphatic heterocycles. The molecule has 210 valence electrons. The van der Waals surface area contributed by atoms with Crippen LogP contribution in [0.15, 0.2) is 24.3 Å². The molecule has 1 aromatic rings. The van der Waals surface area contributed by atoms with Crippen molar-refractivity contribution in [2.75, 3.05) is 13.6 Å². The van der Waals surface area contributed by atoms with Gasteiger partial charge in [-0.3, -0.25) is 19.2 Å². The fourth-order valence-corrected chi connectivity index (χ4v) is 5.91. The molecular weight excluding hydrogens is 482 g/mol. The summed E-state index contributed by atoms with van der Waals surface area (Å²) in [7, 11) is 1.74. The smallest absolute Gasteiger partial charge is 0.246 e. The van der Waals surface area contributed by atoms with Crippen LogP contribution in [-0.2, 0) is 25.6 Å². The van der Waals surface area contributed by atoms with Gasteiger partial charge in [-0.15, -0.1) is 0 Å². The molecule has 0 radical (unpaired) electrons. The number of carbonyl (C=O) groups is 4. The second-order valence-electron chi connectivity index (χ2n) is 10.8. The average Bonchev–Trinajstić information content (AvgIpc) is 3.41. The van der Waals surface area contributed by atoms with Crippen molar-refractivity contribution >= 4 is 23.6 Å². The molecule has 1 saturated heterocycles. The zero-order chi connectivity index (χ0) is 27.7. The molecule has 3 aliphatic rings. The summed E-state index contributed by atoms with van der Waals surface area (Å²) < 4.78 is 0. The highest BCUT2D eigenvalue weighted by Crippen LogP contribution is 2.32. The zero-order valence-corrected chi connectivity index (χ0v) is 23.1. The Morgan fingerprint density at radius 1 is 0.974 bits per heavy atom. The lowest BCUT2D eigenvalue weighted by Crippen LogP contribution is -2.58. The van der Waals surface area contributed by atoms with E-state index in [0.29, 0.717) is 13.0 Å². The summed E-state index contributed by atoms with van der Waals surface area (Å²) in [6.45, 7) is 3.67. The number of nitrogens with one attached hydrogen (secondary N) is 3. The molecule has 0 bridgehead atoms. The lowest BCUT2D eigenvalue weighted by atomic mass is 9.83. The van der Waals surface area contributed by atoms with Gasteiger partial charge in [-0.05, 0) is 76.0 Å². The molecular formula is C29H45N5O4. The van der Waals surface area contributed by atoms with Crippen LogP contribution < -0.4 is 21.7 Å². The molecule has 38 heavy (non-hydrogen) atoms. The van der Waals surface area contributed by atoms with Gasteiger partial charge in [0, 0.05) is 13.5 Å². The number of nitrogens with zero attached hydrogens (tertiary/aromatic N) is 1. The highest BCUT2D eigenvalue weighted by Gasteiger charge is 2.41. The van der Waals surface area contributed by atoms with E-state index in [0.717, 1.165) is 51.4 Å². The first kappa shape index (κ1) is 29.6. The van der Waals surface area contributed by atoms with Crippen molar-refractivity contribution in [2.45, 2.75) is 102 Å². The molecule has 9 heteroatoms. The molecule has 2 fully saturated rings. The van der Waals surface area contributed by atoms with Crippen molar-refractivity contribution in [1.29, 1.82) is 0 Å². The quantitative estimate of drug-likeness (QED) is 0.432. The molecule has 3 unspecified atom stereocenters. The molecule has 1 saturated carbocycles. The number of fused-ring (bicyclic) bond motifs is 1. The molecule has 1 aromatic carbocycles.